The number of aryl methyl sites for hydroxylation is 1. The number of benzene rings is 2. The number of unbranched alkanes of at least 4 members (excludes halogenated alkanes) is 1. The smallest absolute Gasteiger partial charge is 0.265 e. The molecule has 0 unspecified atom stereocenters. The summed E-state index contributed by atoms with van der Waals surface area (Å²) in [4.78, 5) is 31.3. The van der Waals surface area contributed by atoms with Crippen molar-refractivity contribution < 1.29 is 27.5 Å². The van der Waals surface area contributed by atoms with Crippen LogP contribution in [0.2, 0.25) is 0 Å². The molecule has 0 aliphatic rings. The lowest BCUT2D eigenvalue weighted by Gasteiger charge is -2.24. The minimum atomic E-state index is -3.97. The molecule has 0 aliphatic heterocycles. The van der Waals surface area contributed by atoms with Crippen LogP contribution in [0.5, 0.6) is 11.5 Å². The molecule has 0 aliphatic carbocycles. The Labute approximate surface area is 230 Å². The highest BCUT2D eigenvalue weighted by molar-refractivity contribution is 7.90. The molecule has 208 valence electrons. The van der Waals surface area contributed by atoms with Crippen LogP contribution in [0, 0.1) is 6.92 Å². The van der Waals surface area contributed by atoms with Crippen LogP contribution >= 0.6 is 0 Å². The fraction of sp³-hybridized carbons (Fsp3) is 0.345. The lowest BCUT2D eigenvalue weighted by atomic mass is 10.1. The molecule has 0 atom stereocenters. The van der Waals surface area contributed by atoms with Gasteiger partial charge < -0.3 is 14.4 Å². The Morgan fingerprint density at radius 3 is 2.21 bits per heavy atom. The van der Waals surface area contributed by atoms with Gasteiger partial charge in [0.25, 0.3) is 15.9 Å². The first kappa shape index (κ1) is 29.6. The van der Waals surface area contributed by atoms with Crippen molar-refractivity contribution in [1.82, 2.24) is 14.6 Å². The molecule has 1 heterocycles. The van der Waals surface area contributed by atoms with Gasteiger partial charge in [0.1, 0.15) is 16.4 Å². The summed E-state index contributed by atoms with van der Waals surface area (Å²) in [6.45, 7) is 2.80. The summed E-state index contributed by atoms with van der Waals surface area (Å²) < 4.78 is 37.7. The van der Waals surface area contributed by atoms with Gasteiger partial charge in [-0.05, 0) is 62.4 Å². The van der Waals surface area contributed by atoms with Gasteiger partial charge in [0.15, 0.2) is 0 Å². The Hall–Kier alpha value is -3.92. The number of aromatic nitrogens is 1. The van der Waals surface area contributed by atoms with Gasteiger partial charge in [0, 0.05) is 43.0 Å². The number of carbonyl (C=O) groups is 2. The number of nitrogens with one attached hydrogen (secondary N) is 1. The molecule has 9 nitrogen and oxygen atoms in total. The molecule has 2 amide bonds. The number of amides is 2. The summed E-state index contributed by atoms with van der Waals surface area (Å²) in [5.41, 5.74) is 2.45. The van der Waals surface area contributed by atoms with E-state index in [1.807, 2.05) is 25.1 Å². The second-order valence-corrected chi connectivity index (χ2v) is 10.7. The largest absolute Gasteiger partial charge is 0.496 e. The van der Waals surface area contributed by atoms with Crippen molar-refractivity contribution in [2.24, 2.45) is 0 Å². The second kappa shape index (κ2) is 14.3. The van der Waals surface area contributed by atoms with Crippen LogP contribution in [0.3, 0.4) is 0 Å². The molecule has 10 heteroatoms. The number of sulfonamides is 1. The monoisotopic (exact) mass is 553 g/mol. The molecule has 3 rings (SSSR count). The van der Waals surface area contributed by atoms with Crippen molar-refractivity contribution in [1.29, 1.82) is 0 Å². The summed E-state index contributed by atoms with van der Waals surface area (Å²) in [7, 11) is -0.870. The van der Waals surface area contributed by atoms with E-state index in [1.54, 1.807) is 31.3 Å². The lowest BCUT2D eigenvalue weighted by Crippen LogP contribution is -2.34. The molecule has 2 aromatic carbocycles. The van der Waals surface area contributed by atoms with Gasteiger partial charge in [-0.1, -0.05) is 30.3 Å². The maximum Gasteiger partial charge on any atom is 0.265 e. The number of carbonyl (C=O) groups excluding carboxylic acids is 2. The number of rotatable bonds is 14. The van der Waals surface area contributed by atoms with Gasteiger partial charge in [0.05, 0.1) is 14.2 Å². The highest BCUT2D eigenvalue weighted by Crippen LogP contribution is 2.30. The lowest BCUT2D eigenvalue weighted by molar-refractivity contribution is -0.119. The SMILES string of the molecule is COc1cc(C(=O)N(CCCCC(=O)NS(=O)(=O)c2cccnc2)CCCc2ccccc2)cc(OC)c1C. The first-order chi connectivity index (χ1) is 18.7. The predicted molar refractivity (Wildman–Crippen MR) is 148 cm³/mol. The third-order valence-electron chi connectivity index (χ3n) is 6.30. The Kier molecular flexibility index (Phi) is 10.9. The molecule has 0 spiro atoms. The van der Waals surface area contributed by atoms with Crippen LogP contribution in [-0.2, 0) is 21.2 Å². The number of ether oxygens (including phenoxy) is 2. The van der Waals surface area contributed by atoms with Crippen molar-refractivity contribution in [3.63, 3.8) is 0 Å². The number of hydrogen-bond acceptors (Lipinski definition) is 7. The zero-order valence-corrected chi connectivity index (χ0v) is 23.4. The Morgan fingerprint density at radius 2 is 1.59 bits per heavy atom. The van der Waals surface area contributed by atoms with Crippen LogP contribution < -0.4 is 14.2 Å². The van der Waals surface area contributed by atoms with E-state index >= 15 is 0 Å². The maximum absolute atomic E-state index is 13.6. The van der Waals surface area contributed by atoms with Crippen LogP contribution in [0.1, 0.15) is 47.2 Å². The van der Waals surface area contributed by atoms with Crippen molar-refractivity contribution in [3.05, 3.63) is 83.7 Å². The van der Waals surface area contributed by atoms with Gasteiger partial charge in [0.2, 0.25) is 5.91 Å². The van der Waals surface area contributed by atoms with E-state index < -0.39 is 15.9 Å². The highest BCUT2D eigenvalue weighted by Gasteiger charge is 2.20. The molecule has 0 fully saturated rings. The highest BCUT2D eigenvalue weighted by atomic mass is 32.2. The summed E-state index contributed by atoms with van der Waals surface area (Å²) in [5.74, 6) is 0.360. The third kappa shape index (κ3) is 8.54. The van der Waals surface area contributed by atoms with E-state index in [9.17, 15) is 18.0 Å². The molecule has 1 aromatic heterocycles. The molecule has 3 aromatic rings. The summed E-state index contributed by atoms with van der Waals surface area (Å²) in [5, 5.41) is 0. The van der Waals surface area contributed by atoms with Gasteiger partial charge in [-0.3, -0.25) is 14.6 Å². The number of nitrogens with zero attached hydrogens (tertiary/aromatic N) is 2. The quantitative estimate of drug-likeness (QED) is 0.298. The molecule has 0 saturated carbocycles. The predicted octanol–water partition coefficient (Wildman–Crippen LogP) is 4.16. The van der Waals surface area contributed by atoms with E-state index in [1.165, 1.54) is 30.1 Å². The Bertz CT molecular complexity index is 1320. The molecular weight excluding hydrogens is 518 g/mol. The molecule has 0 radical (unpaired) electrons. The van der Waals surface area contributed by atoms with E-state index in [2.05, 4.69) is 21.8 Å². The summed E-state index contributed by atoms with van der Waals surface area (Å²) >= 11 is 0. The van der Waals surface area contributed by atoms with Crippen LogP contribution in [0.4, 0.5) is 0 Å². The molecule has 1 N–H and O–H groups in total. The topological polar surface area (TPSA) is 115 Å². The van der Waals surface area contributed by atoms with Crippen molar-refractivity contribution in [3.8, 4) is 11.5 Å². The molecule has 0 bridgehead atoms. The van der Waals surface area contributed by atoms with Gasteiger partial charge >= 0.3 is 0 Å². The van der Waals surface area contributed by atoms with Crippen LogP contribution in [0.25, 0.3) is 0 Å². The fourth-order valence-corrected chi connectivity index (χ4v) is 5.16. The fourth-order valence-electron chi connectivity index (χ4n) is 4.18. The number of pyridine rings is 1. The van der Waals surface area contributed by atoms with Crippen molar-refractivity contribution >= 4 is 21.8 Å². The molecule has 39 heavy (non-hydrogen) atoms. The Balaban J connectivity index is 1.63. The van der Waals surface area contributed by atoms with Crippen LogP contribution in [-0.4, -0.2) is 57.4 Å². The van der Waals surface area contributed by atoms with Crippen molar-refractivity contribution in [2.75, 3.05) is 27.3 Å². The average molecular weight is 554 g/mol. The van der Waals surface area contributed by atoms with Gasteiger partial charge in [-0.25, -0.2) is 13.1 Å². The minimum absolute atomic E-state index is 0.0116. The van der Waals surface area contributed by atoms with E-state index in [-0.39, 0.29) is 17.2 Å². The first-order valence-electron chi connectivity index (χ1n) is 12.8. The standard InChI is InChI=1S/C29H35N3O6S/c1-22-26(37-2)19-24(20-27(22)38-3)29(34)32(18-10-13-23-11-5-4-6-12-23)17-8-7-15-28(33)31-39(35,36)25-14-9-16-30-21-25/h4-6,9,11-12,14,16,19-21H,7-8,10,13,15,17-18H2,1-3H3,(H,31,33). The van der Waals surface area contributed by atoms with E-state index in [0.717, 1.165) is 18.4 Å². The first-order valence-corrected chi connectivity index (χ1v) is 14.2. The summed E-state index contributed by atoms with van der Waals surface area (Å²) in [6.07, 6.45) is 5.17. The normalized spacial score (nSPS) is 11.1. The second-order valence-electron chi connectivity index (χ2n) is 9.06. The third-order valence-corrected chi connectivity index (χ3v) is 7.66. The van der Waals surface area contributed by atoms with Crippen LogP contribution in [0.15, 0.2) is 71.9 Å². The van der Waals surface area contributed by atoms with Crippen molar-refractivity contribution in [2.45, 2.75) is 43.9 Å². The van der Waals surface area contributed by atoms with Gasteiger partial charge in [-0.15, -0.1) is 0 Å². The zero-order valence-electron chi connectivity index (χ0n) is 22.6. The van der Waals surface area contributed by atoms with E-state index in [4.69, 9.17) is 9.47 Å². The maximum atomic E-state index is 13.6. The average Bonchev–Trinajstić information content (AvgIpc) is 2.95. The Morgan fingerprint density at radius 1 is 0.923 bits per heavy atom. The van der Waals surface area contributed by atoms with E-state index in [0.29, 0.717) is 43.0 Å². The molecular formula is C29H35N3O6S. The van der Waals surface area contributed by atoms with Gasteiger partial charge in [-0.2, -0.15) is 0 Å². The zero-order chi connectivity index (χ0) is 28.3. The summed E-state index contributed by atoms with van der Waals surface area (Å²) in [6, 6.07) is 16.3. The molecule has 0 saturated heterocycles. The number of methoxy groups -OCH3 is 2. The number of hydrogen-bond donors (Lipinski definition) is 1. The minimum Gasteiger partial charge on any atom is -0.496 e.